The van der Waals surface area contributed by atoms with Crippen LogP contribution in [0.4, 0.5) is 15.9 Å². The van der Waals surface area contributed by atoms with Crippen LogP contribution in [0.2, 0.25) is 0 Å². The predicted octanol–water partition coefficient (Wildman–Crippen LogP) is 5.14. The van der Waals surface area contributed by atoms with Gasteiger partial charge < -0.3 is 10.6 Å². The van der Waals surface area contributed by atoms with E-state index in [1.165, 1.54) is 12.1 Å². The number of anilines is 2. The first-order valence-electron chi connectivity index (χ1n) is 11.0. The molecule has 0 aliphatic rings. The third kappa shape index (κ3) is 5.06. The zero-order valence-electron chi connectivity index (χ0n) is 18.6. The number of rotatable bonds is 7. The van der Waals surface area contributed by atoms with E-state index >= 15 is 0 Å². The molecule has 3 heterocycles. The van der Waals surface area contributed by atoms with Gasteiger partial charge in [0, 0.05) is 48.1 Å². The molecule has 2 N–H and O–H groups in total. The van der Waals surface area contributed by atoms with E-state index in [0.29, 0.717) is 17.1 Å². The fourth-order valence-electron chi connectivity index (χ4n) is 3.67. The van der Waals surface area contributed by atoms with Gasteiger partial charge in [0.2, 0.25) is 0 Å². The molecular formula is C27H21FN6O. The van der Waals surface area contributed by atoms with Crippen LogP contribution in [0.1, 0.15) is 15.9 Å². The van der Waals surface area contributed by atoms with Gasteiger partial charge in [-0.3, -0.25) is 9.78 Å². The third-order valence-electron chi connectivity index (χ3n) is 5.34. The summed E-state index contributed by atoms with van der Waals surface area (Å²) in [6, 6.07) is 22.9. The number of para-hydroxylation sites is 1. The highest BCUT2D eigenvalue weighted by Gasteiger charge is 2.16. The van der Waals surface area contributed by atoms with Crippen LogP contribution in [0, 0.1) is 5.82 Å². The van der Waals surface area contributed by atoms with Gasteiger partial charge in [0.05, 0.1) is 16.9 Å². The minimum Gasteiger partial charge on any atom is -0.348 e. The van der Waals surface area contributed by atoms with Gasteiger partial charge in [-0.15, -0.1) is 0 Å². The number of amides is 1. The predicted molar refractivity (Wildman–Crippen MR) is 132 cm³/mol. The fourth-order valence-corrected chi connectivity index (χ4v) is 3.67. The average molecular weight is 465 g/mol. The van der Waals surface area contributed by atoms with E-state index in [9.17, 15) is 9.18 Å². The maximum absolute atomic E-state index is 13.6. The first-order chi connectivity index (χ1) is 17.2. The Bertz CT molecular complexity index is 1450. The molecule has 0 aliphatic carbocycles. The van der Waals surface area contributed by atoms with Gasteiger partial charge in [-0.25, -0.2) is 14.1 Å². The summed E-state index contributed by atoms with van der Waals surface area (Å²) in [5, 5.41) is 10.7. The van der Waals surface area contributed by atoms with Crippen molar-refractivity contribution < 1.29 is 9.18 Å². The Morgan fingerprint density at radius 1 is 0.914 bits per heavy atom. The summed E-state index contributed by atoms with van der Waals surface area (Å²) < 4.78 is 15.4. The second-order valence-electron chi connectivity index (χ2n) is 7.74. The van der Waals surface area contributed by atoms with E-state index < -0.39 is 0 Å². The van der Waals surface area contributed by atoms with Crippen molar-refractivity contribution in [3.8, 4) is 16.9 Å². The Morgan fingerprint density at radius 2 is 1.74 bits per heavy atom. The van der Waals surface area contributed by atoms with Gasteiger partial charge in [-0.2, -0.15) is 5.10 Å². The van der Waals surface area contributed by atoms with Crippen molar-refractivity contribution >= 4 is 17.4 Å². The van der Waals surface area contributed by atoms with E-state index in [2.05, 4.69) is 20.6 Å². The van der Waals surface area contributed by atoms with Crippen LogP contribution in [0.15, 0.2) is 104 Å². The van der Waals surface area contributed by atoms with Crippen LogP contribution >= 0.6 is 0 Å². The van der Waals surface area contributed by atoms with Crippen LogP contribution in [0.25, 0.3) is 16.9 Å². The SMILES string of the molecule is O=C(NCc1cn(-c2ccccc2)nc1-c1ccncc1)c1cccnc1Nc1cccc(F)c1. The zero-order chi connectivity index (χ0) is 24.0. The summed E-state index contributed by atoms with van der Waals surface area (Å²) >= 11 is 0. The lowest BCUT2D eigenvalue weighted by Gasteiger charge is -2.11. The molecule has 5 aromatic rings. The highest BCUT2D eigenvalue weighted by atomic mass is 19.1. The van der Waals surface area contributed by atoms with E-state index in [1.807, 2.05) is 48.7 Å². The van der Waals surface area contributed by atoms with Gasteiger partial charge in [0.15, 0.2) is 0 Å². The molecule has 0 aliphatic heterocycles. The summed E-state index contributed by atoms with van der Waals surface area (Å²) in [7, 11) is 0. The number of carbonyl (C=O) groups is 1. The van der Waals surface area contributed by atoms with Gasteiger partial charge in [0.1, 0.15) is 11.6 Å². The van der Waals surface area contributed by atoms with E-state index in [0.717, 1.165) is 22.5 Å². The molecule has 0 unspecified atom stereocenters. The van der Waals surface area contributed by atoms with Crippen molar-refractivity contribution in [2.24, 2.45) is 0 Å². The molecule has 172 valence electrons. The second kappa shape index (κ2) is 9.96. The molecule has 0 radical (unpaired) electrons. The number of pyridine rings is 2. The number of nitrogens with zero attached hydrogens (tertiary/aromatic N) is 4. The van der Waals surface area contributed by atoms with Crippen LogP contribution in [0.3, 0.4) is 0 Å². The van der Waals surface area contributed by atoms with E-state index in [1.54, 1.807) is 47.5 Å². The smallest absolute Gasteiger partial charge is 0.255 e. The molecule has 0 saturated heterocycles. The van der Waals surface area contributed by atoms with E-state index in [-0.39, 0.29) is 18.3 Å². The number of aromatic nitrogens is 4. The Hall–Kier alpha value is -4.85. The maximum atomic E-state index is 13.6. The zero-order valence-corrected chi connectivity index (χ0v) is 18.6. The molecule has 3 aromatic heterocycles. The van der Waals surface area contributed by atoms with Crippen LogP contribution in [-0.2, 0) is 6.54 Å². The molecule has 2 aromatic carbocycles. The molecule has 35 heavy (non-hydrogen) atoms. The number of hydrogen-bond donors (Lipinski definition) is 2. The van der Waals surface area contributed by atoms with Crippen molar-refractivity contribution in [3.05, 3.63) is 121 Å². The van der Waals surface area contributed by atoms with Gasteiger partial charge >= 0.3 is 0 Å². The summed E-state index contributed by atoms with van der Waals surface area (Å²) in [5.41, 5.74) is 4.25. The summed E-state index contributed by atoms with van der Waals surface area (Å²) in [4.78, 5) is 21.5. The molecule has 0 fully saturated rings. The van der Waals surface area contributed by atoms with Gasteiger partial charge in [0.25, 0.3) is 5.91 Å². The molecule has 8 heteroatoms. The number of benzene rings is 2. The monoisotopic (exact) mass is 464 g/mol. The van der Waals surface area contributed by atoms with Crippen molar-refractivity contribution in [2.45, 2.75) is 6.54 Å². The molecular weight excluding hydrogens is 443 g/mol. The minimum atomic E-state index is -0.379. The van der Waals surface area contributed by atoms with Crippen molar-refractivity contribution in [3.63, 3.8) is 0 Å². The van der Waals surface area contributed by atoms with Crippen LogP contribution < -0.4 is 10.6 Å². The molecule has 0 saturated carbocycles. The topological polar surface area (TPSA) is 84.7 Å². The molecule has 5 rings (SSSR count). The molecule has 7 nitrogen and oxygen atoms in total. The summed E-state index contributed by atoms with van der Waals surface area (Å²) in [6.45, 7) is 0.248. The lowest BCUT2D eigenvalue weighted by molar-refractivity contribution is 0.0951. The molecule has 1 amide bonds. The third-order valence-corrected chi connectivity index (χ3v) is 5.34. The normalized spacial score (nSPS) is 10.7. The number of carbonyl (C=O) groups excluding carboxylic acids is 1. The highest BCUT2D eigenvalue weighted by molar-refractivity contribution is 5.99. The number of halogens is 1. The van der Waals surface area contributed by atoms with Crippen LogP contribution in [0.5, 0.6) is 0 Å². The standard InChI is InChI=1S/C27H21FN6O/c28-21-6-4-7-22(16-21)32-26-24(10-5-13-30-26)27(35)31-17-20-18-34(23-8-2-1-3-9-23)33-25(20)19-11-14-29-15-12-19/h1-16,18H,17H2,(H,30,32)(H,31,35). The lowest BCUT2D eigenvalue weighted by atomic mass is 10.1. The Morgan fingerprint density at radius 3 is 2.54 bits per heavy atom. The molecule has 0 spiro atoms. The average Bonchev–Trinajstić information content (AvgIpc) is 3.33. The van der Waals surface area contributed by atoms with Crippen molar-refractivity contribution in [1.29, 1.82) is 0 Å². The summed E-state index contributed by atoms with van der Waals surface area (Å²) in [5.74, 6) is -0.355. The second-order valence-corrected chi connectivity index (χ2v) is 7.74. The largest absolute Gasteiger partial charge is 0.348 e. The Balaban J connectivity index is 1.40. The summed E-state index contributed by atoms with van der Waals surface area (Å²) in [6.07, 6.45) is 6.89. The Labute approximate surface area is 201 Å². The van der Waals surface area contributed by atoms with Gasteiger partial charge in [-0.1, -0.05) is 24.3 Å². The molecule has 0 atom stereocenters. The van der Waals surface area contributed by atoms with Crippen molar-refractivity contribution in [1.82, 2.24) is 25.1 Å². The van der Waals surface area contributed by atoms with Crippen molar-refractivity contribution in [2.75, 3.05) is 5.32 Å². The lowest BCUT2D eigenvalue weighted by Crippen LogP contribution is -2.24. The minimum absolute atomic E-state index is 0.248. The highest BCUT2D eigenvalue weighted by Crippen LogP contribution is 2.24. The number of nitrogens with one attached hydrogen (secondary N) is 2. The van der Waals surface area contributed by atoms with E-state index in [4.69, 9.17) is 5.10 Å². The Kier molecular flexibility index (Phi) is 6.25. The molecule has 0 bridgehead atoms. The quantitative estimate of drug-likeness (QED) is 0.348. The number of hydrogen-bond acceptors (Lipinski definition) is 5. The first-order valence-corrected chi connectivity index (χ1v) is 11.0. The maximum Gasteiger partial charge on any atom is 0.255 e. The fraction of sp³-hybridized carbons (Fsp3) is 0.0370. The first kappa shape index (κ1) is 22.0. The van der Waals surface area contributed by atoms with Gasteiger partial charge in [-0.05, 0) is 54.6 Å². The van der Waals surface area contributed by atoms with Crippen LogP contribution in [-0.4, -0.2) is 25.7 Å².